The zero-order valence-corrected chi connectivity index (χ0v) is 13.3. The van der Waals surface area contributed by atoms with E-state index in [1.807, 2.05) is 18.2 Å². The minimum atomic E-state index is -3.12. The van der Waals surface area contributed by atoms with Crippen molar-refractivity contribution in [2.24, 2.45) is 0 Å². The smallest absolute Gasteiger partial charge is 0.305 e. The standard InChI is InChI=1S/C17H16F2N4O/c1-17(18,19)16-21-20-15-8-7-13(22-23(15)16)12-6-5-11(10-3-4-10)9-14(12)24-2/h5-10H,3-4H2,1-2H3. The van der Waals surface area contributed by atoms with E-state index in [-0.39, 0.29) is 5.65 Å². The predicted molar refractivity (Wildman–Crippen MR) is 84.3 cm³/mol. The number of rotatable bonds is 4. The van der Waals surface area contributed by atoms with E-state index in [1.54, 1.807) is 19.2 Å². The van der Waals surface area contributed by atoms with Gasteiger partial charge in [-0.15, -0.1) is 10.2 Å². The fraction of sp³-hybridized carbons (Fsp3) is 0.353. The maximum absolute atomic E-state index is 13.7. The molecule has 2 heterocycles. The van der Waals surface area contributed by atoms with Gasteiger partial charge < -0.3 is 4.74 Å². The van der Waals surface area contributed by atoms with E-state index in [4.69, 9.17) is 4.74 Å². The molecule has 0 atom stereocenters. The van der Waals surface area contributed by atoms with Gasteiger partial charge in [-0.2, -0.15) is 18.4 Å². The van der Waals surface area contributed by atoms with Gasteiger partial charge in [0.15, 0.2) is 5.65 Å². The van der Waals surface area contributed by atoms with Crippen molar-refractivity contribution in [1.82, 2.24) is 19.8 Å². The molecule has 0 N–H and O–H groups in total. The van der Waals surface area contributed by atoms with E-state index in [2.05, 4.69) is 15.3 Å². The van der Waals surface area contributed by atoms with Crippen LogP contribution in [0.2, 0.25) is 0 Å². The highest BCUT2D eigenvalue weighted by atomic mass is 19.3. The molecule has 0 spiro atoms. The van der Waals surface area contributed by atoms with E-state index >= 15 is 0 Å². The maximum atomic E-state index is 13.7. The van der Waals surface area contributed by atoms with Gasteiger partial charge in [-0.05, 0) is 48.6 Å². The van der Waals surface area contributed by atoms with Gasteiger partial charge in [-0.25, -0.2) is 0 Å². The molecule has 0 bridgehead atoms. The third-order valence-corrected chi connectivity index (χ3v) is 4.21. The number of aromatic nitrogens is 4. The predicted octanol–water partition coefficient (Wildman–Crippen LogP) is 3.79. The van der Waals surface area contributed by atoms with Crippen LogP contribution in [0, 0.1) is 0 Å². The van der Waals surface area contributed by atoms with Crippen molar-refractivity contribution in [2.45, 2.75) is 31.6 Å². The van der Waals surface area contributed by atoms with Crippen LogP contribution in [0.5, 0.6) is 5.75 Å². The molecule has 5 nitrogen and oxygen atoms in total. The Morgan fingerprint density at radius 1 is 1.17 bits per heavy atom. The SMILES string of the molecule is COc1cc(C2CC2)ccc1-c1ccc2nnc(C(C)(F)F)n2n1. The van der Waals surface area contributed by atoms with Crippen molar-refractivity contribution in [3.63, 3.8) is 0 Å². The van der Waals surface area contributed by atoms with Crippen molar-refractivity contribution < 1.29 is 13.5 Å². The van der Waals surface area contributed by atoms with Crippen LogP contribution in [0.3, 0.4) is 0 Å². The molecule has 4 rings (SSSR count). The molecule has 0 radical (unpaired) electrons. The van der Waals surface area contributed by atoms with Gasteiger partial charge in [0.25, 0.3) is 0 Å². The van der Waals surface area contributed by atoms with Crippen LogP contribution in [-0.4, -0.2) is 26.9 Å². The molecule has 124 valence electrons. The van der Waals surface area contributed by atoms with Crippen LogP contribution in [0.25, 0.3) is 16.9 Å². The molecule has 3 aromatic rings. The van der Waals surface area contributed by atoms with E-state index in [0.29, 0.717) is 17.4 Å². The highest BCUT2D eigenvalue weighted by molar-refractivity contribution is 5.68. The summed E-state index contributed by atoms with van der Waals surface area (Å²) in [6, 6.07) is 9.33. The van der Waals surface area contributed by atoms with Crippen molar-refractivity contribution in [2.75, 3.05) is 7.11 Å². The Bertz CT molecular complexity index is 913. The zero-order valence-electron chi connectivity index (χ0n) is 13.3. The Balaban J connectivity index is 1.84. The van der Waals surface area contributed by atoms with Gasteiger partial charge in [-0.3, -0.25) is 0 Å². The number of methoxy groups -OCH3 is 1. The summed E-state index contributed by atoms with van der Waals surface area (Å²) in [5.41, 5.74) is 2.81. The summed E-state index contributed by atoms with van der Waals surface area (Å²) in [6.45, 7) is 0.781. The number of fused-ring (bicyclic) bond motifs is 1. The topological polar surface area (TPSA) is 52.3 Å². The summed E-state index contributed by atoms with van der Waals surface area (Å²) >= 11 is 0. The number of hydrogen-bond acceptors (Lipinski definition) is 4. The molecule has 0 amide bonds. The summed E-state index contributed by atoms with van der Waals surface area (Å²) in [7, 11) is 1.60. The molecule has 0 aliphatic heterocycles. The minimum Gasteiger partial charge on any atom is -0.496 e. The van der Waals surface area contributed by atoms with Crippen molar-refractivity contribution >= 4 is 5.65 Å². The summed E-state index contributed by atoms with van der Waals surface area (Å²) < 4.78 is 33.9. The first-order valence-corrected chi connectivity index (χ1v) is 7.76. The Morgan fingerprint density at radius 3 is 2.62 bits per heavy atom. The van der Waals surface area contributed by atoms with E-state index < -0.39 is 11.7 Å². The molecule has 0 unspecified atom stereocenters. The van der Waals surface area contributed by atoms with Crippen LogP contribution in [0.1, 0.15) is 37.1 Å². The number of nitrogens with zero attached hydrogens (tertiary/aromatic N) is 4. The molecule has 2 aromatic heterocycles. The van der Waals surface area contributed by atoms with Gasteiger partial charge in [0.1, 0.15) is 5.75 Å². The van der Waals surface area contributed by atoms with E-state index in [1.165, 1.54) is 18.4 Å². The summed E-state index contributed by atoms with van der Waals surface area (Å²) in [4.78, 5) is 0. The van der Waals surface area contributed by atoms with E-state index in [9.17, 15) is 8.78 Å². The van der Waals surface area contributed by atoms with Gasteiger partial charge in [-0.1, -0.05) is 6.07 Å². The molecule has 24 heavy (non-hydrogen) atoms. The minimum absolute atomic E-state index is 0.281. The molecular weight excluding hydrogens is 314 g/mol. The molecule has 0 saturated heterocycles. The molecule has 1 saturated carbocycles. The Morgan fingerprint density at radius 2 is 1.96 bits per heavy atom. The quantitative estimate of drug-likeness (QED) is 0.730. The van der Waals surface area contributed by atoms with E-state index in [0.717, 1.165) is 17.0 Å². The molecule has 1 aliphatic rings. The van der Waals surface area contributed by atoms with Gasteiger partial charge in [0.2, 0.25) is 5.82 Å². The Kier molecular flexibility index (Phi) is 3.26. The number of alkyl halides is 2. The van der Waals surface area contributed by atoms with Gasteiger partial charge in [0.05, 0.1) is 12.8 Å². The van der Waals surface area contributed by atoms with Crippen LogP contribution in [0.15, 0.2) is 30.3 Å². The second kappa shape index (κ2) is 5.22. The molecule has 1 aliphatic carbocycles. The summed E-state index contributed by atoms with van der Waals surface area (Å²) in [5, 5.41) is 11.6. The number of halogens is 2. The third-order valence-electron chi connectivity index (χ3n) is 4.21. The Labute approximate surface area is 137 Å². The average Bonchev–Trinajstić information content (AvgIpc) is 3.31. The summed E-state index contributed by atoms with van der Waals surface area (Å²) in [6.07, 6.45) is 2.39. The summed E-state index contributed by atoms with van der Waals surface area (Å²) in [5.74, 6) is -2.31. The fourth-order valence-corrected chi connectivity index (χ4v) is 2.80. The van der Waals surface area contributed by atoms with Crippen LogP contribution < -0.4 is 4.74 Å². The first-order valence-electron chi connectivity index (χ1n) is 7.76. The third kappa shape index (κ3) is 2.50. The monoisotopic (exact) mass is 330 g/mol. The highest BCUT2D eigenvalue weighted by Crippen LogP contribution is 2.43. The second-order valence-electron chi connectivity index (χ2n) is 6.13. The lowest BCUT2D eigenvalue weighted by atomic mass is 10.0. The fourth-order valence-electron chi connectivity index (χ4n) is 2.80. The molecule has 1 aromatic carbocycles. The Hall–Kier alpha value is -2.57. The van der Waals surface area contributed by atoms with Gasteiger partial charge in [0, 0.05) is 12.5 Å². The van der Waals surface area contributed by atoms with Gasteiger partial charge >= 0.3 is 5.92 Å². The second-order valence-corrected chi connectivity index (χ2v) is 6.13. The number of hydrogen-bond donors (Lipinski definition) is 0. The number of ether oxygens (including phenoxy) is 1. The normalized spacial score (nSPS) is 15.0. The van der Waals surface area contributed by atoms with Crippen molar-refractivity contribution in [3.8, 4) is 17.0 Å². The first kappa shape index (κ1) is 15.0. The highest BCUT2D eigenvalue weighted by Gasteiger charge is 2.32. The lowest BCUT2D eigenvalue weighted by Gasteiger charge is -2.11. The lowest BCUT2D eigenvalue weighted by molar-refractivity contribution is 0.00564. The van der Waals surface area contributed by atoms with Crippen molar-refractivity contribution in [1.29, 1.82) is 0 Å². The molecule has 7 heteroatoms. The first-order chi connectivity index (χ1) is 11.5. The van der Waals surface area contributed by atoms with Crippen molar-refractivity contribution in [3.05, 3.63) is 41.7 Å². The zero-order chi connectivity index (χ0) is 16.9. The molecule has 1 fully saturated rings. The van der Waals surface area contributed by atoms with Crippen LogP contribution >= 0.6 is 0 Å². The lowest BCUT2D eigenvalue weighted by Crippen LogP contribution is -2.14. The maximum Gasteiger partial charge on any atom is 0.305 e. The molecular formula is C17H16F2N4O. The average molecular weight is 330 g/mol. The largest absolute Gasteiger partial charge is 0.496 e. The van der Waals surface area contributed by atoms with Crippen LogP contribution in [0.4, 0.5) is 8.78 Å². The number of benzene rings is 1. The van der Waals surface area contributed by atoms with Crippen LogP contribution in [-0.2, 0) is 5.92 Å².